The number of anilines is 2. The van der Waals surface area contributed by atoms with Crippen LogP contribution in [-0.2, 0) is 0 Å². The van der Waals surface area contributed by atoms with Crippen molar-refractivity contribution in [2.75, 3.05) is 23.7 Å². The van der Waals surface area contributed by atoms with E-state index in [1.54, 1.807) is 0 Å². The molecule has 0 saturated carbocycles. The maximum absolute atomic E-state index is 13.1. The predicted molar refractivity (Wildman–Crippen MR) is 96.4 cm³/mol. The highest BCUT2D eigenvalue weighted by molar-refractivity contribution is 5.88. The van der Waals surface area contributed by atoms with Crippen LogP contribution in [0.1, 0.15) is 6.92 Å². The highest BCUT2D eigenvalue weighted by Crippen LogP contribution is 2.27. The van der Waals surface area contributed by atoms with Crippen molar-refractivity contribution in [1.82, 2.24) is 15.0 Å². The smallest absolute Gasteiger partial charge is 0.359 e. The van der Waals surface area contributed by atoms with Crippen LogP contribution >= 0.6 is 0 Å². The first-order valence-corrected chi connectivity index (χ1v) is 8.37. The standard InChI is InChI=1S/C18H15F6N5/c1-17(20,21)8-26-16-28-13-7-6-12(10-2-4-11(19)5-3-10)27-14(13)15(29-16)25-9-18(22,23)24/h2-7H,8-9H2,1H3,(H2,25,26,28,29). The summed E-state index contributed by atoms with van der Waals surface area (Å²) in [4.78, 5) is 12.2. The Labute approximate surface area is 161 Å². The highest BCUT2D eigenvalue weighted by atomic mass is 19.4. The number of alkyl halides is 5. The van der Waals surface area contributed by atoms with E-state index in [4.69, 9.17) is 0 Å². The highest BCUT2D eigenvalue weighted by Gasteiger charge is 2.28. The first kappa shape index (κ1) is 20.6. The number of nitrogens with zero attached hydrogens (tertiary/aromatic N) is 3. The Morgan fingerprint density at radius 3 is 2.14 bits per heavy atom. The molecule has 0 amide bonds. The fourth-order valence-electron chi connectivity index (χ4n) is 2.42. The number of hydrogen-bond acceptors (Lipinski definition) is 5. The molecule has 0 aliphatic rings. The predicted octanol–water partition coefficient (Wildman–Crippen LogP) is 4.87. The molecule has 2 heterocycles. The van der Waals surface area contributed by atoms with Crippen LogP contribution in [0.5, 0.6) is 0 Å². The zero-order chi connectivity index (χ0) is 21.2. The average Bonchev–Trinajstić information content (AvgIpc) is 2.63. The molecule has 3 rings (SSSR count). The second kappa shape index (κ2) is 7.72. The van der Waals surface area contributed by atoms with Crippen LogP contribution in [0.4, 0.5) is 38.1 Å². The summed E-state index contributed by atoms with van der Waals surface area (Å²) in [6.45, 7) is -1.51. The average molecular weight is 415 g/mol. The summed E-state index contributed by atoms with van der Waals surface area (Å²) in [7, 11) is 0. The maximum Gasteiger partial charge on any atom is 0.405 e. The summed E-state index contributed by atoms with van der Waals surface area (Å²) >= 11 is 0. The van der Waals surface area contributed by atoms with Crippen molar-refractivity contribution in [3.63, 3.8) is 0 Å². The molecule has 0 unspecified atom stereocenters. The minimum Gasteiger partial charge on any atom is -0.359 e. The summed E-state index contributed by atoms with van der Waals surface area (Å²) in [5, 5.41) is 4.43. The largest absolute Gasteiger partial charge is 0.405 e. The third-order valence-electron chi connectivity index (χ3n) is 3.70. The van der Waals surface area contributed by atoms with Crippen LogP contribution in [-0.4, -0.2) is 40.1 Å². The van der Waals surface area contributed by atoms with E-state index in [0.29, 0.717) is 18.2 Å². The molecule has 5 nitrogen and oxygen atoms in total. The molecule has 0 fully saturated rings. The van der Waals surface area contributed by atoms with Crippen LogP contribution in [0.2, 0.25) is 0 Å². The van der Waals surface area contributed by atoms with E-state index in [0.717, 1.165) is 0 Å². The van der Waals surface area contributed by atoms with Crippen molar-refractivity contribution >= 4 is 22.8 Å². The monoisotopic (exact) mass is 415 g/mol. The van der Waals surface area contributed by atoms with Gasteiger partial charge in [0, 0.05) is 12.5 Å². The molecular formula is C18H15F6N5. The Bertz CT molecular complexity index is 999. The van der Waals surface area contributed by atoms with Crippen molar-refractivity contribution in [3.8, 4) is 11.3 Å². The molecule has 29 heavy (non-hydrogen) atoms. The van der Waals surface area contributed by atoms with Crippen LogP contribution in [0.15, 0.2) is 36.4 Å². The van der Waals surface area contributed by atoms with Gasteiger partial charge in [0.25, 0.3) is 5.92 Å². The van der Waals surface area contributed by atoms with Crippen molar-refractivity contribution in [2.45, 2.75) is 19.0 Å². The molecule has 0 radical (unpaired) electrons. The second-order valence-corrected chi connectivity index (χ2v) is 6.36. The van der Waals surface area contributed by atoms with Gasteiger partial charge in [0.15, 0.2) is 5.82 Å². The van der Waals surface area contributed by atoms with E-state index in [-0.39, 0.29) is 22.8 Å². The minimum atomic E-state index is -4.53. The van der Waals surface area contributed by atoms with Gasteiger partial charge in [-0.25, -0.2) is 23.1 Å². The van der Waals surface area contributed by atoms with Gasteiger partial charge in [-0.1, -0.05) is 0 Å². The van der Waals surface area contributed by atoms with Gasteiger partial charge in [-0.15, -0.1) is 0 Å². The zero-order valence-corrected chi connectivity index (χ0v) is 15.0. The van der Waals surface area contributed by atoms with Gasteiger partial charge in [0.05, 0.1) is 17.8 Å². The van der Waals surface area contributed by atoms with Crippen LogP contribution in [0.25, 0.3) is 22.3 Å². The molecule has 2 aromatic heterocycles. The lowest BCUT2D eigenvalue weighted by Crippen LogP contribution is -2.25. The van der Waals surface area contributed by atoms with E-state index >= 15 is 0 Å². The van der Waals surface area contributed by atoms with Gasteiger partial charge in [-0.3, -0.25) is 0 Å². The number of nitrogens with one attached hydrogen (secondary N) is 2. The lowest BCUT2D eigenvalue weighted by atomic mass is 10.1. The fourth-order valence-corrected chi connectivity index (χ4v) is 2.42. The Balaban J connectivity index is 2.03. The van der Waals surface area contributed by atoms with Gasteiger partial charge in [-0.2, -0.15) is 18.2 Å². The van der Waals surface area contributed by atoms with Crippen LogP contribution < -0.4 is 10.6 Å². The van der Waals surface area contributed by atoms with E-state index < -0.39 is 31.0 Å². The van der Waals surface area contributed by atoms with Gasteiger partial charge in [-0.05, 0) is 36.4 Å². The number of hydrogen-bond donors (Lipinski definition) is 2. The lowest BCUT2D eigenvalue weighted by Gasteiger charge is -2.15. The summed E-state index contributed by atoms with van der Waals surface area (Å²) < 4.78 is 77.2. The first-order chi connectivity index (χ1) is 13.5. The third-order valence-corrected chi connectivity index (χ3v) is 3.70. The van der Waals surface area contributed by atoms with E-state index in [1.165, 1.54) is 36.4 Å². The topological polar surface area (TPSA) is 62.7 Å². The number of halogens is 6. The molecule has 1 aromatic carbocycles. The van der Waals surface area contributed by atoms with Crippen molar-refractivity contribution in [1.29, 1.82) is 0 Å². The minimum absolute atomic E-state index is 0.0184. The molecule has 0 aliphatic carbocycles. The first-order valence-electron chi connectivity index (χ1n) is 8.37. The molecule has 11 heteroatoms. The fraction of sp³-hybridized carbons (Fsp3) is 0.278. The molecule has 0 bridgehead atoms. The van der Waals surface area contributed by atoms with Crippen LogP contribution in [0, 0.1) is 5.82 Å². The Kier molecular flexibility index (Phi) is 5.49. The SMILES string of the molecule is CC(F)(F)CNc1nc(NCC(F)(F)F)c2nc(-c3ccc(F)cc3)ccc2n1. The second-order valence-electron chi connectivity index (χ2n) is 6.36. The van der Waals surface area contributed by atoms with Gasteiger partial charge in [0.2, 0.25) is 5.95 Å². The van der Waals surface area contributed by atoms with E-state index in [9.17, 15) is 26.3 Å². The number of aromatic nitrogens is 3. The summed E-state index contributed by atoms with van der Waals surface area (Å²) in [5.41, 5.74) is 1.06. The van der Waals surface area contributed by atoms with Gasteiger partial charge >= 0.3 is 6.18 Å². The summed E-state index contributed by atoms with van der Waals surface area (Å²) in [5.74, 6) is -4.05. The molecule has 0 spiro atoms. The summed E-state index contributed by atoms with van der Waals surface area (Å²) in [6.07, 6.45) is -4.53. The molecule has 3 aromatic rings. The Hall–Kier alpha value is -3.11. The summed E-state index contributed by atoms with van der Waals surface area (Å²) in [6, 6.07) is 8.38. The van der Waals surface area contributed by atoms with E-state index in [2.05, 4.69) is 25.6 Å². The van der Waals surface area contributed by atoms with E-state index in [1.807, 2.05) is 0 Å². The van der Waals surface area contributed by atoms with Gasteiger partial charge in [0.1, 0.15) is 17.9 Å². The van der Waals surface area contributed by atoms with Crippen molar-refractivity contribution in [2.24, 2.45) is 0 Å². The number of rotatable bonds is 6. The van der Waals surface area contributed by atoms with Crippen molar-refractivity contribution < 1.29 is 26.3 Å². The normalized spacial score (nSPS) is 12.2. The number of pyridine rings is 1. The Morgan fingerprint density at radius 1 is 0.828 bits per heavy atom. The number of fused-ring (bicyclic) bond motifs is 1. The molecule has 154 valence electrons. The molecule has 0 aliphatic heterocycles. The lowest BCUT2D eigenvalue weighted by molar-refractivity contribution is -0.115. The quantitative estimate of drug-likeness (QED) is 0.563. The molecule has 0 saturated heterocycles. The third kappa shape index (κ3) is 5.69. The molecule has 2 N–H and O–H groups in total. The van der Waals surface area contributed by atoms with Gasteiger partial charge < -0.3 is 10.6 Å². The Morgan fingerprint density at radius 2 is 1.52 bits per heavy atom. The molecular weight excluding hydrogens is 400 g/mol. The van der Waals surface area contributed by atoms with Crippen molar-refractivity contribution in [3.05, 3.63) is 42.2 Å². The zero-order valence-electron chi connectivity index (χ0n) is 15.0. The van der Waals surface area contributed by atoms with Crippen LogP contribution in [0.3, 0.4) is 0 Å². The number of benzene rings is 1. The molecule has 0 atom stereocenters. The maximum atomic E-state index is 13.1.